The van der Waals surface area contributed by atoms with E-state index in [0.717, 1.165) is 0 Å². The third-order valence-corrected chi connectivity index (χ3v) is 2.72. The first-order valence-corrected chi connectivity index (χ1v) is 5.04. The largest absolute Gasteiger partial charge is 0.481 e. The Balaban J connectivity index is 3.03. The quantitative estimate of drug-likeness (QED) is 0.836. The van der Waals surface area contributed by atoms with Gasteiger partial charge in [0.05, 0.1) is 10.9 Å². The number of aliphatic carboxylic acids is 1. The second kappa shape index (κ2) is 4.81. The predicted molar refractivity (Wildman–Crippen MR) is 56.9 cm³/mol. The zero-order valence-electron chi connectivity index (χ0n) is 7.93. The molecule has 1 rings (SSSR count). The predicted octanol–water partition coefficient (Wildman–Crippen LogP) is 3.40. The van der Waals surface area contributed by atoms with Gasteiger partial charge in [0.25, 0.3) is 0 Å². The Bertz CT molecular complexity index is 393. The van der Waals surface area contributed by atoms with Gasteiger partial charge in [-0.1, -0.05) is 30.1 Å². The lowest BCUT2D eigenvalue weighted by atomic mass is 10.0. The van der Waals surface area contributed by atoms with E-state index in [1.165, 1.54) is 19.1 Å². The zero-order valence-corrected chi connectivity index (χ0v) is 9.44. The summed E-state index contributed by atoms with van der Waals surface area (Å²) < 4.78 is 13.5. The molecule has 0 amide bonds. The Morgan fingerprint density at radius 3 is 2.53 bits per heavy atom. The van der Waals surface area contributed by atoms with Crippen LogP contribution in [0.1, 0.15) is 12.5 Å². The smallest absolute Gasteiger partial charge is 0.306 e. The van der Waals surface area contributed by atoms with Crippen molar-refractivity contribution in [2.24, 2.45) is 5.92 Å². The summed E-state index contributed by atoms with van der Waals surface area (Å²) in [6, 6.07) is 2.80. The van der Waals surface area contributed by atoms with Gasteiger partial charge in [0.2, 0.25) is 0 Å². The van der Waals surface area contributed by atoms with Crippen LogP contribution in [-0.2, 0) is 11.2 Å². The van der Waals surface area contributed by atoms with Gasteiger partial charge in [0.1, 0.15) is 5.82 Å². The first-order valence-electron chi connectivity index (χ1n) is 4.28. The fourth-order valence-electron chi connectivity index (χ4n) is 1.15. The van der Waals surface area contributed by atoms with Crippen LogP contribution in [0.2, 0.25) is 10.0 Å². The highest BCUT2D eigenvalue weighted by Gasteiger charge is 2.18. The monoisotopic (exact) mass is 250 g/mol. The van der Waals surface area contributed by atoms with E-state index in [-0.39, 0.29) is 22.0 Å². The number of hydrogen-bond donors (Lipinski definition) is 1. The second-order valence-corrected chi connectivity index (χ2v) is 4.08. The van der Waals surface area contributed by atoms with Gasteiger partial charge in [-0.2, -0.15) is 0 Å². The van der Waals surface area contributed by atoms with Crippen LogP contribution < -0.4 is 0 Å². The first kappa shape index (κ1) is 12.3. The van der Waals surface area contributed by atoms with Crippen LogP contribution in [0.15, 0.2) is 12.1 Å². The molecule has 0 saturated carbocycles. The molecule has 2 nitrogen and oxygen atoms in total. The number of benzene rings is 1. The van der Waals surface area contributed by atoms with E-state index in [0.29, 0.717) is 0 Å². The fraction of sp³-hybridized carbons (Fsp3) is 0.300. The normalized spacial score (nSPS) is 12.5. The van der Waals surface area contributed by atoms with Crippen molar-refractivity contribution in [1.29, 1.82) is 0 Å². The molecule has 0 aliphatic carbocycles. The van der Waals surface area contributed by atoms with Crippen molar-refractivity contribution in [3.63, 3.8) is 0 Å². The van der Waals surface area contributed by atoms with Crippen molar-refractivity contribution in [1.82, 2.24) is 0 Å². The summed E-state index contributed by atoms with van der Waals surface area (Å²) in [5, 5.41) is 8.85. The highest BCUT2D eigenvalue weighted by Crippen LogP contribution is 2.27. The van der Waals surface area contributed by atoms with Crippen molar-refractivity contribution < 1.29 is 14.3 Å². The van der Waals surface area contributed by atoms with Crippen LogP contribution in [0.5, 0.6) is 0 Å². The summed E-state index contributed by atoms with van der Waals surface area (Å²) in [5.41, 5.74) is 0.152. The van der Waals surface area contributed by atoms with E-state index in [9.17, 15) is 9.18 Å². The van der Waals surface area contributed by atoms with Crippen LogP contribution >= 0.6 is 23.2 Å². The SMILES string of the molecule is CC(Cc1c(Cl)ccc(Cl)c1F)C(=O)O. The molecular weight excluding hydrogens is 242 g/mol. The molecule has 0 aliphatic rings. The lowest BCUT2D eigenvalue weighted by Gasteiger charge is -2.09. The van der Waals surface area contributed by atoms with E-state index >= 15 is 0 Å². The van der Waals surface area contributed by atoms with Crippen molar-refractivity contribution in [2.45, 2.75) is 13.3 Å². The van der Waals surface area contributed by atoms with Gasteiger partial charge in [0.15, 0.2) is 0 Å². The van der Waals surface area contributed by atoms with E-state index in [1.54, 1.807) is 0 Å². The topological polar surface area (TPSA) is 37.3 Å². The molecule has 0 aromatic heterocycles. The summed E-state index contributed by atoms with van der Waals surface area (Å²) in [5.74, 6) is -2.34. The molecule has 1 unspecified atom stereocenters. The molecule has 0 radical (unpaired) electrons. The summed E-state index contributed by atoms with van der Waals surface area (Å²) in [6.07, 6.45) is 0.0283. The minimum Gasteiger partial charge on any atom is -0.481 e. The molecule has 0 spiro atoms. The van der Waals surface area contributed by atoms with E-state index in [4.69, 9.17) is 28.3 Å². The van der Waals surface area contributed by atoms with E-state index in [2.05, 4.69) is 0 Å². The Morgan fingerprint density at radius 1 is 1.47 bits per heavy atom. The van der Waals surface area contributed by atoms with Crippen molar-refractivity contribution in [2.75, 3.05) is 0 Å². The van der Waals surface area contributed by atoms with Gasteiger partial charge >= 0.3 is 5.97 Å². The van der Waals surface area contributed by atoms with Crippen LogP contribution in [0.4, 0.5) is 4.39 Å². The zero-order chi connectivity index (χ0) is 11.6. The van der Waals surface area contributed by atoms with Gasteiger partial charge in [-0.25, -0.2) is 4.39 Å². The van der Waals surface area contributed by atoms with E-state index < -0.39 is 17.7 Å². The molecule has 5 heteroatoms. The average Bonchev–Trinajstić information content (AvgIpc) is 2.18. The maximum absolute atomic E-state index is 13.5. The van der Waals surface area contributed by atoms with Crippen molar-refractivity contribution in [3.05, 3.63) is 33.6 Å². The molecule has 0 saturated heterocycles. The number of halogens is 3. The van der Waals surface area contributed by atoms with Gasteiger partial charge in [-0.3, -0.25) is 4.79 Å². The molecule has 1 aromatic rings. The van der Waals surface area contributed by atoms with Gasteiger partial charge in [0, 0.05) is 10.6 Å². The lowest BCUT2D eigenvalue weighted by Crippen LogP contribution is -2.13. The fourth-order valence-corrected chi connectivity index (χ4v) is 1.55. The van der Waals surface area contributed by atoms with Crippen LogP contribution in [0.3, 0.4) is 0 Å². The maximum atomic E-state index is 13.5. The Kier molecular flexibility index (Phi) is 3.94. The summed E-state index contributed by atoms with van der Waals surface area (Å²) in [4.78, 5) is 10.6. The summed E-state index contributed by atoms with van der Waals surface area (Å²) in [6.45, 7) is 1.49. The van der Waals surface area contributed by atoms with Crippen LogP contribution in [0, 0.1) is 11.7 Å². The average molecular weight is 251 g/mol. The third kappa shape index (κ3) is 2.83. The molecule has 1 atom stereocenters. The maximum Gasteiger partial charge on any atom is 0.306 e. The van der Waals surface area contributed by atoms with Crippen molar-refractivity contribution >= 4 is 29.2 Å². The molecule has 0 fully saturated rings. The van der Waals surface area contributed by atoms with Gasteiger partial charge in [-0.15, -0.1) is 0 Å². The van der Waals surface area contributed by atoms with Gasteiger partial charge < -0.3 is 5.11 Å². The number of carboxylic acids is 1. The van der Waals surface area contributed by atoms with E-state index in [1.807, 2.05) is 0 Å². The first-order chi connectivity index (χ1) is 6.93. The molecular formula is C10H9Cl2FO2. The number of rotatable bonds is 3. The number of hydrogen-bond acceptors (Lipinski definition) is 1. The lowest BCUT2D eigenvalue weighted by molar-refractivity contribution is -0.141. The van der Waals surface area contributed by atoms with Crippen LogP contribution in [-0.4, -0.2) is 11.1 Å². The number of carbonyl (C=O) groups is 1. The summed E-state index contributed by atoms with van der Waals surface area (Å²) >= 11 is 11.3. The molecule has 0 bridgehead atoms. The minimum absolute atomic E-state index is 0.0283. The molecule has 15 heavy (non-hydrogen) atoms. The Morgan fingerprint density at radius 2 is 2.00 bits per heavy atom. The van der Waals surface area contributed by atoms with Crippen molar-refractivity contribution in [3.8, 4) is 0 Å². The minimum atomic E-state index is -0.995. The molecule has 0 heterocycles. The number of carboxylic acid groups (broad SMARTS) is 1. The summed E-state index contributed by atoms with van der Waals surface area (Å²) in [7, 11) is 0. The second-order valence-electron chi connectivity index (χ2n) is 3.27. The standard InChI is InChI=1S/C10H9Cl2FO2/c1-5(10(14)15)4-6-7(11)2-3-8(12)9(6)13/h2-3,5H,4H2,1H3,(H,14,15). The highest BCUT2D eigenvalue weighted by atomic mass is 35.5. The third-order valence-electron chi connectivity index (χ3n) is 2.07. The Labute approximate surface area is 96.6 Å². The molecule has 1 aromatic carbocycles. The highest BCUT2D eigenvalue weighted by molar-refractivity contribution is 6.33. The Hall–Kier alpha value is -0.800. The van der Waals surface area contributed by atoms with Gasteiger partial charge in [-0.05, 0) is 18.6 Å². The molecule has 0 aliphatic heterocycles. The molecule has 1 N–H and O–H groups in total. The van der Waals surface area contributed by atoms with Crippen LogP contribution in [0.25, 0.3) is 0 Å². The molecule has 82 valence electrons.